The van der Waals surface area contributed by atoms with Crippen molar-refractivity contribution in [3.8, 4) is 0 Å². The number of piperidine rings is 1. The van der Waals surface area contributed by atoms with Crippen molar-refractivity contribution in [1.82, 2.24) is 4.90 Å². The first-order chi connectivity index (χ1) is 9.99. The molecule has 0 aromatic heterocycles. The Balaban J connectivity index is 1.91. The van der Waals surface area contributed by atoms with Crippen molar-refractivity contribution in [3.63, 3.8) is 0 Å². The first-order valence-electron chi connectivity index (χ1n) is 7.45. The number of carbonyl (C=O) groups excluding carboxylic acids is 1. The summed E-state index contributed by atoms with van der Waals surface area (Å²) in [6.07, 6.45) is 3.24. The molecular formula is C16H22Cl2N2O. The molecule has 2 N–H and O–H groups in total. The Morgan fingerprint density at radius 2 is 2.24 bits per heavy atom. The van der Waals surface area contributed by atoms with E-state index >= 15 is 0 Å². The maximum atomic E-state index is 12.3. The third kappa shape index (κ3) is 4.35. The highest BCUT2D eigenvalue weighted by Gasteiger charge is 2.25. The number of likely N-dealkylation sites (tertiary alicyclic amines) is 1. The van der Waals surface area contributed by atoms with E-state index in [0.717, 1.165) is 31.5 Å². The van der Waals surface area contributed by atoms with Gasteiger partial charge in [-0.25, -0.2) is 0 Å². The van der Waals surface area contributed by atoms with Gasteiger partial charge in [-0.05, 0) is 43.7 Å². The number of nitrogens with two attached hydrogens (primary N) is 1. The molecule has 2 rings (SSSR count). The number of aryl methyl sites for hydroxylation is 1. The Morgan fingerprint density at radius 1 is 1.48 bits per heavy atom. The zero-order chi connectivity index (χ0) is 15.4. The van der Waals surface area contributed by atoms with Crippen molar-refractivity contribution >= 4 is 29.1 Å². The van der Waals surface area contributed by atoms with Gasteiger partial charge in [0.25, 0.3) is 0 Å². The van der Waals surface area contributed by atoms with E-state index in [2.05, 4.69) is 0 Å². The van der Waals surface area contributed by atoms with Gasteiger partial charge in [0.05, 0.1) is 10.0 Å². The van der Waals surface area contributed by atoms with Gasteiger partial charge in [0.2, 0.25) is 5.91 Å². The average molecular weight is 329 g/mol. The second-order valence-electron chi connectivity index (χ2n) is 5.81. The van der Waals surface area contributed by atoms with Crippen LogP contribution < -0.4 is 5.73 Å². The van der Waals surface area contributed by atoms with Crippen molar-refractivity contribution in [2.45, 2.75) is 38.6 Å². The van der Waals surface area contributed by atoms with E-state index in [9.17, 15) is 4.79 Å². The number of hydrogen-bond acceptors (Lipinski definition) is 2. The maximum Gasteiger partial charge on any atom is 0.222 e. The summed E-state index contributed by atoms with van der Waals surface area (Å²) >= 11 is 12.1. The first-order valence-corrected chi connectivity index (χ1v) is 8.21. The number of carbonyl (C=O) groups is 1. The van der Waals surface area contributed by atoms with Crippen molar-refractivity contribution in [1.29, 1.82) is 0 Å². The summed E-state index contributed by atoms with van der Waals surface area (Å²) in [7, 11) is 0. The summed E-state index contributed by atoms with van der Waals surface area (Å²) < 4.78 is 0. The van der Waals surface area contributed by atoms with Gasteiger partial charge in [-0.3, -0.25) is 4.79 Å². The highest BCUT2D eigenvalue weighted by Crippen LogP contribution is 2.27. The largest absolute Gasteiger partial charge is 0.342 e. The molecule has 21 heavy (non-hydrogen) atoms. The minimum Gasteiger partial charge on any atom is -0.342 e. The molecule has 116 valence electrons. The van der Waals surface area contributed by atoms with Crippen molar-refractivity contribution in [2.75, 3.05) is 13.1 Å². The van der Waals surface area contributed by atoms with Crippen LogP contribution in [-0.2, 0) is 11.2 Å². The van der Waals surface area contributed by atoms with E-state index in [1.165, 1.54) is 0 Å². The lowest BCUT2D eigenvalue weighted by atomic mass is 9.92. The number of nitrogens with zero attached hydrogens (tertiary/aromatic N) is 1. The van der Waals surface area contributed by atoms with Gasteiger partial charge in [-0.15, -0.1) is 0 Å². The Bertz CT molecular complexity index is 505. The summed E-state index contributed by atoms with van der Waals surface area (Å²) in [6, 6.07) is 5.68. The van der Waals surface area contributed by atoms with Crippen molar-refractivity contribution in [2.24, 2.45) is 11.7 Å². The lowest BCUT2D eigenvalue weighted by Crippen LogP contribution is -2.45. The number of rotatable bonds is 4. The summed E-state index contributed by atoms with van der Waals surface area (Å²) in [5.74, 6) is 0.592. The van der Waals surface area contributed by atoms with E-state index < -0.39 is 0 Å². The molecule has 0 radical (unpaired) electrons. The van der Waals surface area contributed by atoms with Gasteiger partial charge < -0.3 is 10.6 Å². The molecule has 1 aliphatic rings. The van der Waals surface area contributed by atoms with Crippen molar-refractivity contribution in [3.05, 3.63) is 33.8 Å². The lowest BCUT2D eigenvalue weighted by molar-refractivity contribution is -0.133. The van der Waals surface area contributed by atoms with Crippen LogP contribution in [0, 0.1) is 5.92 Å². The fourth-order valence-corrected chi connectivity index (χ4v) is 3.22. The zero-order valence-electron chi connectivity index (χ0n) is 12.3. The molecule has 1 aliphatic heterocycles. The third-order valence-electron chi connectivity index (χ3n) is 4.19. The second kappa shape index (κ2) is 7.48. The molecule has 2 unspecified atom stereocenters. The van der Waals surface area contributed by atoms with Crippen LogP contribution in [0.1, 0.15) is 31.7 Å². The Labute approximate surface area is 136 Å². The normalized spacial score (nSPS) is 20.4. The number of benzene rings is 1. The Hall–Kier alpha value is -0.770. The molecule has 1 saturated heterocycles. The third-order valence-corrected chi connectivity index (χ3v) is 5.05. The summed E-state index contributed by atoms with van der Waals surface area (Å²) in [4.78, 5) is 14.3. The van der Waals surface area contributed by atoms with Gasteiger partial charge in [-0.1, -0.05) is 35.3 Å². The fourth-order valence-electron chi connectivity index (χ4n) is 2.81. The van der Waals surface area contributed by atoms with Gasteiger partial charge in [0.15, 0.2) is 0 Å². The summed E-state index contributed by atoms with van der Waals surface area (Å²) in [5.41, 5.74) is 6.89. The zero-order valence-corrected chi connectivity index (χ0v) is 13.8. The predicted molar refractivity (Wildman–Crippen MR) is 87.7 cm³/mol. The highest BCUT2D eigenvalue weighted by atomic mass is 35.5. The van der Waals surface area contributed by atoms with Crippen LogP contribution in [0.15, 0.2) is 18.2 Å². The van der Waals surface area contributed by atoms with Crippen LogP contribution in [0.2, 0.25) is 10.0 Å². The molecule has 1 fully saturated rings. The monoisotopic (exact) mass is 328 g/mol. The predicted octanol–water partition coefficient (Wildman–Crippen LogP) is 3.51. The lowest BCUT2D eigenvalue weighted by Gasteiger charge is -2.34. The molecule has 2 atom stereocenters. The molecule has 1 aromatic rings. The molecule has 1 aromatic carbocycles. The van der Waals surface area contributed by atoms with E-state index in [4.69, 9.17) is 28.9 Å². The van der Waals surface area contributed by atoms with Gasteiger partial charge >= 0.3 is 0 Å². The van der Waals surface area contributed by atoms with Crippen LogP contribution in [0.5, 0.6) is 0 Å². The second-order valence-corrected chi connectivity index (χ2v) is 6.60. The molecule has 0 bridgehead atoms. The standard InChI is InChI=1S/C16H22Cl2N2O/c1-11(19)13-5-3-9-20(10-13)15(21)8-7-12-4-2-6-14(17)16(12)18/h2,4,6,11,13H,3,5,7-10,19H2,1H3. The highest BCUT2D eigenvalue weighted by molar-refractivity contribution is 6.42. The molecule has 0 aliphatic carbocycles. The Kier molecular flexibility index (Phi) is 5.91. The van der Waals surface area contributed by atoms with Gasteiger partial charge in [-0.2, -0.15) is 0 Å². The molecule has 0 saturated carbocycles. The fraction of sp³-hybridized carbons (Fsp3) is 0.562. The number of halogens is 2. The average Bonchev–Trinajstić information content (AvgIpc) is 2.48. The molecule has 0 spiro atoms. The van der Waals surface area contributed by atoms with Crippen LogP contribution in [-0.4, -0.2) is 29.9 Å². The smallest absolute Gasteiger partial charge is 0.222 e. The quantitative estimate of drug-likeness (QED) is 0.919. The molecule has 3 nitrogen and oxygen atoms in total. The van der Waals surface area contributed by atoms with E-state index in [0.29, 0.717) is 28.8 Å². The maximum absolute atomic E-state index is 12.3. The molecule has 1 heterocycles. The summed E-state index contributed by atoms with van der Waals surface area (Å²) in [6.45, 7) is 3.63. The van der Waals surface area contributed by atoms with Crippen LogP contribution >= 0.6 is 23.2 Å². The van der Waals surface area contributed by atoms with Gasteiger partial charge in [0.1, 0.15) is 0 Å². The topological polar surface area (TPSA) is 46.3 Å². The minimum atomic E-state index is 0.142. The minimum absolute atomic E-state index is 0.142. The van der Waals surface area contributed by atoms with Crippen LogP contribution in [0.25, 0.3) is 0 Å². The van der Waals surface area contributed by atoms with Crippen LogP contribution in [0.4, 0.5) is 0 Å². The Morgan fingerprint density at radius 3 is 2.95 bits per heavy atom. The van der Waals surface area contributed by atoms with E-state index in [-0.39, 0.29) is 11.9 Å². The molecular weight excluding hydrogens is 307 g/mol. The SMILES string of the molecule is CC(N)C1CCCN(C(=O)CCc2cccc(Cl)c2Cl)C1. The van der Waals surface area contributed by atoms with Crippen molar-refractivity contribution < 1.29 is 4.79 Å². The number of amides is 1. The number of hydrogen-bond donors (Lipinski definition) is 1. The summed E-state index contributed by atoms with van der Waals surface area (Å²) in [5, 5.41) is 1.09. The van der Waals surface area contributed by atoms with E-state index in [1.807, 2.05) is 24.0 Å². The van der Waals surface area contributed by atoms with E-state index in [1.54, 1.807) is 6.07 Å². The molecule has 1 amide bonds. The van der Waals surface area contributed by atoms with Crippen LogP contribution in [0.3, 0.4) is 0 Å². The van der Waals surface area contributed by atoms with Gasteiger partial charge in [0, 0.05) is 25.6 Å². The molecule has 5 heteroatoms. The first kappa shape index (κ1) is 16.6.